The van der Waals surface area contributed by atoms with Crippen LogP contribution in [0, 0.1) is 23.6 Å². The Hall–Kier alpha value is -3.74. The molecule has 4 aliphatic rings. The summed E-state index contributed by atoms with van der Waals surface area (Å²) in [5, 5.41) is 29.5. The van der Waals surface area contributed by atoms with Gasteiger partial charge < -0.3 is 15.2 Å². The average molecular weight is 684 g/mol. The Bertz CT molecular complexity index is 1890. The number of hydrogen-bond donors (Lipinski definition) is 3. The molecule has 7 rings (SSSR count). The Balaban J connectivity index is 1.39. The number of benzene rings is 3. The smallest absolute Gasteiger partial charge is 0.488 e. The third-order valence-corrected chi connectivity index (χ3v) is 11.4. The van der Waals surface area contributed by atoms with Crippen LogP contribution < -0.4 is 15.3 Å². The Labute approximate surface area is 276 Å². The first-order valence-electron chi connectivity index (χ1n) is 14.3. The number of imide groups is 2. The van der Waals surface area contributed by atoms with Crippen LogP contribution in [0.4, 0.5) is 15.8 Å². The minimum absolute atomic E-state index is 0.0306. The second-order valence-corrected chi connectivity index (χ2v) is 13.6. The van der Waals surface area contributed by atoms with Crippen molar-refractivity contribution < 1.29 is 38.7 Å². The maximum Gasteiger partial charge on any atom is 0.488 e. The molecule has 6 atom stereocenters. The minimum Gasteiger partial charge on any atom is -0.508 e. The largest absolute Gasteiger partial charge is 0.508 e. The van der Waals surface area contributed by atoms with Gasteiger partial charge >= 0.3 is 7.12 Å². The molecule has 0 spiro atoms. The van der Waals surface area contributed by atoms with Gasteiger partial charge in [0.05, 0.1) is 23.2 Å². The Morgan fingerprint density at radius 1 is 0.848 bits per heavy atom. The monoisotopic (exact) mass is 682 g/mol. The van der Waals surface area contributed by atoms with E-state index in [4.69, 9.17) is 34.8 Å². The number of carbonyl (C=O) groups is 4. The molecule has 0 bridgehead atoms. The van der Waals surface area contributed by atoms with Crippen molar-refractivity contribution in [3.8, 4) is 5.75 Å². The third-order valence-electron chi connectivity index (χ3n) is 9.62. The number of alkyl halides is 2. The van der Waals surface area contributed by atoms with E-state index in [0.717, 1.165) is 21.9 Å². The fraction of sp³-hybridized carbons (Fsp3) is 0.250. The molecule has 2 aliphatic heterocycles. The van der Waals surface area contributed by atoms with Crippen LogP contribution in [0.2, 0.25) is 5.02 Å². The molecular formula is C32H23BCl3FN2O7. The fourth-order valence-corrected chi connectivity index (χ4v) is 8.78. The van der Waals surface area contributed by atoms with Crippen molar-refractivity contribution in [3.63, 3.8) is 0 Å². The first-order valence-corrected chi connectivity index (χ1v) is 15.5. The summed E-state index contributed by atoms with van der Waals surface area (Å²) in [6.07, 6.45) is 1.54. The lowest BCUT2D eigenvalue weighted by molar-refractivity contribution is -0.125. The van der Waals surface area contributed by atoms with E-state index >= 15 is 0 Å². The van der Waals surface area contributed by atoms with Crippen LogP contribution in [0.25, 0.3) is 0 Å². The van der Waals surface area contributed by atoms with Crippen LogP contribution in [0.15, 0.2) is 78.4 Å². The summed E-state index contributed by atoms with van der Waals surface area (Å²) in [7, 11) is -1.83. The lowest BCUT2D eigenvalue weighted by atomic mass is 9.56. The molecule has 3 aromatic carbocycles. The summed E-state index contributed by atoms with van der Waals surface area (Å²) in [5.74, 6) is -7.47. The predicted octanol–water partition coefficient (Wildman–Crippen LogP) is 3.63. The molecule has 3 fully saturated rings. The van der Waals surface area contributed by atoms with Crippen LogP contribution in [-0.2, 0) is 19.2 Å². The van der Waals surface area contributed by atoms with Gasteiger partial charge in [0.15, 0.2) is 9.75 Å². The van der Waals surface area contributed by atoms with E-state index in [-0.39, 0.29) is 46.0 Å². The van der Waals surface area contributed by atoms with Crippen LogP contribution >= 0.6 is 34.8 Å². The number of phenolic OH excluding ortho intramolecular Hbond substituents is 1. The summed E-state index contributed by atoms with van der Waals surface area (Å²) in [6.45, 7) is 0. The van der Waals surface area contributed by atoms with Crippen molar-refractivity contribution in [2.45, 2.75) is 28.5 Å². The first kappa shape index (κ1) is 30.9. The second-order valence-electron chi connectivity index (χ2n) is 11.9. The zero-order chi connectivity index (χ0) is 32.9. The van der Waals surface area contributed by atoms with E-state index in [1.807, 2.05) is 0 Å². The van der Waals surface area contributed by atoms with Gasteiger partial charge in [0, 0.05) is 10.9 Å². The van der Waals surface area contributed by atoms with E-state index in [9.17, 15) is 38.7 Å². The summed E-state index contributed by atoms with van der Waals surface area (Å²) < 4.78 is 13.8. The van der Waals surface area contributed by atoms with Crippen LogP contribution in [0.1, 0.15) is 24.3 Å². The Kier molecular flexibility index (Phi) is 7.15. The maximum atomic E-state index is 14.4. The van der Waals surface area contributed by atoms with E-state index in [2.05, 4.69) is 0 Å². The Morgan fingerprint density at radius 2 is 1.57 bits per heavy atom. The summed E-state index contributed by atoms with van der Waals surface area (Å²) in [6, 6.07) is 14.5. The van der Waals surface area contributed by atoms with Crippen LogP contribution in [-0.4, -0.2) is 55.7 Å². The van der Waals surface area contributed by atoms with Crippen molar-refractivity contribution in [2.75, 3.05) is 9.80 Å². The highest BCUT2D eigenvalue weighted by atomic mass is 35.5. The minimum atomic E-state index is -2.17. The molecule has 14 heteroatoms. The fourth-order valence-electron chi connectivity index (χ4n) is 7.57. The third kappa shape index (κ3) is 4.15. The highest BCUT2D eigenvalue weighted by Crippen LogP contribution is 2.66. The first-order chi connectivity index (χ1) is 21.8. The lowest BCUT2D eigenvalue weighted by Gasteiger charge is -2.50. The van der Waals surface area contributed by atoms with E-state index < -0.39 is 70.0 Å². The molecule has 6 unspecified atom stereocenters. The normalized spacial score (nSPS) is 30.3. The predicted molar refractivity (Wildman–Crippen MR) is 168 cm³/mol. The number of fused-ring (bicyclic) bond motifs is 4. The highest BCUT2D eigenvalue weighted by molar-refractivity contribution is 6.59. The Morgan fingerprint density at radius 3 is 2.24 bits per heavy atom. The second kappa shape index (κ2) is 10.6. The van der Waals surface area contributed by atoms with E-state index in [0.29, 0.717) is 5.57 Å². The van der Waals surface area contributed by atoms with Gasteiger partial charge in [-0.15, -0.1) is 23.2 Å². The van der Waals surface area contributed by atoms with E-state index in [1.165, 1.54) is 54.6 Å². The number of anilines is 2. The molecule has 0 radical (unpaired) electrons. The number of amides is 4. The highest BCUT2D eigenvalue weighted by Gasteiger charge is 2.76. The van der Waals surface area contributed by atoms with Gasteiger partial charge in [0.2, 0.25) is 11.8 Å². The van der Waals surface area contributed by atoms with Crippen molar-refractivity contribution >= 4 is 82.4 Å². The van der Waals surface area contributed by atoms with Gasteiger partial charge in [-0.25, -0.2) is 9.29 Å². The molecule has 0 aromatic heterocycles. The molecule has 2 heterocycles. The summed E-state index contributed by atoms with van der Waals surface area (Å²) >= 11 is 21.3. The molecule has 234 valence electrons. The zero-order valence-electron chi connectivity index (χ0n) is 23.6. The van der Waals surface area contributed by atoms with Crippen molar-refractivity contribution in [2.24, 2.45) is 17.8 Å². The van der Waals surface area contributed by atoms with Gasteiger partial charge in [-0.05, 0) is 78.3 Å². The molecular weight excluding hydrogens is 661 g/mol. The summed E-state index contributed by atoms with van der Waals surface area (Å²) in [4.78, 5) is 54.1. The lowest BCUT2D eigenvalue weighted by Crippen LogP contribution is -2.60. The molecule has 3 aromatic rings. The number of aromatic hydroxyl groups is 1. The zero-order valence-corrected chi connectivity index (χ0v) is 25.9. The van der Waals surface area contributed by atoms with Crippen molar-refractivity contribution in [3.05, 3.63) is 94.8 Å². The molecule has 2 aliphatic carbocycles. The quantitative estimate of drug-likeness (QED) is 0.166. The van der Waals surface area contributed by atoms with E-state index in [1.54, 1.807) is 6.08 Å². The van der Waals surface area contributed by atoms with Gasteiger partial charge in [-0.2, -0.15) is 0 Å². The SMILES string of the molecule is O=C1C2CC=C3C(CC4(Cl)C(=O)N(c5ccc(F)cc5)C(=O)C4(Cl)C3c3ccc(O)cc3Cl)C2C(=O)N1c1cccc(B(O)O)c1. The van der Waals surface area contributed by atoms with Crippen molar-refractivity contribution in [1.29, 1.82) is 0 Å². The van der Waals surface area contributed by atoms with Gasteiger partial charge in [0.25, 0.3) is 11.8 Å². The van der Waals surface area contributed by atoms with Crippen LogP contribution in [0.5, 0.6) is 5.75 Å². The number of allylic oxidation sites excluding steroid dienone is 2. The van der Waals surface area contributed by atoms with Gasteiger partial charge in [-0.3, -0.25) is 24.1 Å². The van der Waals surface area contributed by atoms with Crippen molar-refractivity contribution in [1.82, 2.24) is 0 Å². The standard InChI is InChI=1S/C32H23BCl3FN2O7/c34-24-13-19(40)8-9-21(24)26-20-10-11-22-25(28(42)38(27(22)41)18-3-1-2-15(12-18)33(45)46)23(20)14-31(35)29(43)39(30(44)32(26,31)36)17-6-4-16(37)5-7-17/h1-10,12-13,22-23,25-26,40,45-46H,11,14H2. The molecule has 9 nitrogen and oxygen atoms in total. The number of halogens is 4. The summed E-state index contributed by atoms with van der Waals surface area (Å²) in [5.41, 5.74) is 1.03. The molecule has 1 saturated carbocycles. The number of carbonyl (C=O) groups excluding carboxylic acids is 4. The number of nitrogens with zero attached hydrogens (tertiary/aromatic N) is 2. The number of hydrogen-bond acceptors (Lipinski definition) is 7. The topological polar surface area (TPSA) is 135 Å². The van der Waals surface area contributed by atoms with Gasteiger partial charge in [0.1, 0.15) is 11.6 Å². The van der Waals surface area contributed by atoms with Crippen LogP contribution in [0.3, 0.4) is 0 Å². The van der Waals surface area contributed by atoms with Gasteiger partial charge in [-0.1, -0.05) is 41.4 Å². The maximum absolute atomic E-state index is 14.4. The molecule has 46 heavy (non-hydrogen) atoms. The molecule has 2 saturated heterocycles. The molecule has 4 amide bonds. The average Bonchev–Trinajstić information content (AvgIpc) is 3.36. The number of rotatable bonds is 4. The molecule has 3 N–H and O–H groups in total. The number of phenols is 1.